The van der Waals surface area contributed by atoms with Gasteiger partial charge in [-0.25, -0.2) is 0 Å². The lowest BCUT2D eigenvalue weighted by Gasteiger charge is -1.70. The standard InChI is InChI=1S/C4H4N2.2C3H4N2/c1-2-6-4-3-5-1;2*1-2-4-5-3-1/h1-4H;2*1-3H,(H,4,5). The van der Waals surface area contributed by atoms with E-state index in [0.29, 0.717) is 0 Å². The summed E-state index contributed by atoms with van der Waals surface area (Å²) < 4.78 is 0. The van der Waals surface area contributed by atoms with Gasteiger partial charge in [0.15, 0.2) is 0 Å². The second-order valence-electron chi connectivity index (χ2n) is 2.43. The molecule has 3 rings (SSSR count). The van der Waals surface area contributed by atoms with Crippen LogP contribution in [0.3, 0.4) is 0 Å². The van der Waals surface area contributed by atoms with Gasteiger partial charge in [0, 0.05) is 49.6 Å². The van der Waals surface area contributed by atoms with Crippen molar-refractivity contribution in [2.75, 3.05) is 0 Å². The zero-order valence-corrected chi connectivity index (χ0v) is 8.56. The molecule has 0 amide bonds. The first kappa shape index (κ1) is 11.6. The van der Waals surface area contributed by atoms with Crippen LogP contribution in [0, 0.1) is 0 Å². The Morgan fingerprint density at radius 1 is 0.562 bits per heavy atom. The molecule has 16 heavy (non-hydrogen) atoms. The topological polar surface area (TPSA) is 83.1 Å². The van der Waals surface area contributed by atoms with Crippen LogP contribution in [0.1, 0.15) is 0 Å². The molecular formula is C10H12N6. The van der Waals surface area contributed by atoms with Gasteiger partial charge in [0.1, 0.15) is 0 Å². The molecule has 0 spiro atoms. The van der Waals surface area contributed by atoms with Gasteiger partial charge in [0.2, 0.25) is 0 Å². The molecule has 0 aliphatic rings. The summed E-state index contributed by atoms with van der Waals surface area (Å²) in [6.07, 6.45) is 13.5. The normalized spacial score (nSPS) is 8.00. The average molecular weight is 216 g/mol. The smallest absolute Gasteiger partial charge is 0.0487 e. The van der Waals surface area contributed by atoms with Gasteiger partial charge in [0.05, 0.1) is 0 Å². The Kier molecular flexibility index (Phi) is 6.56. The van der Waals surface area contributed by atoms with Crippen molar-refractivity contribution >= 4 is 0 Å². The molecule has 0 saturated carbocycles. The molecule has 0 aliphatic carbocycles. The molecule has 0 aliphatic heterocycles. The maximum Gasteiger partial charge on any atom is 0.0487 e. The minimum absolute atomic E-state index is 1.64. The van der Waals surface area contributed by atoms with Crippen molar-refractivity contribution in [2.45, 2.75) is 0 Å². The van der Waals surface area contributed by atoms with E-state index in [4.69, 9.17) is 0 Å². The quantitative estimate of drug-likeness (QED) is 0.593. The summed E-state index contributed by atoms with van der Waals surface area (Å²) in [7, 11) is 0. The third-order valence-corrected chi connectivity index (χ3v) is 1.29. The Labute approximate surface area is 92.8 Å². The third-order valence-electron chi connectivity index (χ3n) is 1.29. The predicted octanol–water partition coefficient (Wildman–Crippen LogP) is 1.30. The molecule has 0 fully saturated rings. The van der Waals surface area contributed by atoms with Crippen LogP contribution in [0.2, 0.25) is 0 Å². The molecule has 3 aromatic heterocycles. The van der Waals surface area contributed by atoms with Crippen LogP contribution in [0.15, 0.2) is 61.7 Å². The summed E-state index contributed by atoms with van der Waals surface area (Å²) in [5, 5.41) is 12.4. The lowest BCUT2D eigenvalue weighted by molar-refractivity contribution is 1.09. The molecule has 6 heteroatoms. The van der Waals surface area contributed by atoms with E-state index in [1.54, 1.807) is 49.6 Å². The van der Waals surface area contributed by atoms with Crippen LogP contribution in [0.25, 0.3) is 0 Å². The molecule has 0 bridgehead atoms. The largest absolute Gasteiger partial charge is 0.286 e. The molecule has 3 heterocycles. The van der Waals surface area contributed by atoms with E-state index in [0.717, 1.165) is 0 Å². The van der Waals surface area contributed by atoms with E-state index in [1.165, 1.54) is 0 Å². The van der Waals surface area contributed by atoms with Gasteiger partial charge < -0.3 is 0 Å². The second kappa shape index (κ2) is 9.07. The zero-order valence-electron chi connectivity index (χ0n) is 8.56. The summed E-state index contributed by atoms with van der Waals surface area (Å²) in [5.74, 6) is 0. The van der Waals surface area contributed by atoms with Gasteiger partial charge in [0.25, 0.3) is 0 Å². The van der Waals surface area contributed by atoms with Crippen LogP contribution >= 0.6 is 0 Å². The number of rotatable bonds is 0. The molecule has 0 radical (unpaired) electrons. The predicted molar refractivity (Wildman–Crippen MR) is 59.2 cm³/mol. The first-order valence-corrected chi connectivity index (χ1v) is 4.57. The molecular weight excluding hydrogens is 204 g/mol. The van der Waals surface area contributed by atoms with Crippen molar-refractivity contribution < 1.29 is 0 Å². The van der Waals surface area contributed by atoms with Crippen molar-refractivity contribution in [2.24, 2.45) is 0 Å². The van der Waals surface area contributed by atoms with E-state index in [9.17, 15) is 0 Å². The Hall–Kier alpha value is -2.50. The van der Waals surface area contributed by atoms with E-state index in [1.807, 2.05) is 12.1 Å². The van der Waals surface area contributed by atoms with Gasteiger partial charge in [-0.15, -0.1) is 0 Å². The van der Waals surface area contributed by atoms with Gasteiger partial charge in [-0.1, -0.05) is 0 Å². The molecule has 3 aromatic rings. The highest BCUT2D eigenvalue weighted by Crippen LogP contribution is 1.66. The Morgan fingerprint density at radius 3 is 1.12 bits per heavy atom. The van der Waals surface area contributed by atoms with E-state index in [2.05, 4.69) is 30.4 Å². The van der Waals surface area contributed by atoms with Crippen molar-refractivity contribution in [3.8, 4) is 0 Å². The number of aromatic amines is 2. The minimum atomic E-state index is 1.64. The number of aromatic nitrogens is 6. The average Bonchev–Trinajstić information content (AvgIpc) is 3.10. The van der Waals surface area contributed by atoms with Crippen molar-refractivity contribution in [3.05, 3.63) is 61.7 Å². The van der Waals surface area contributed by atoms with Gasteiger partial charge in [-0.2, -0.15) is 10.2 Å². The maximum absolute atomic E-state index is 3.72. The number of nitrogens with zero attached hydrogens (tertiary/aromatic N) is 4. The van der Waals surface area contributed by atoms with Gasteiger partial charge >= 0.3 is 0 Å². The SMILES string of the molecule is c1cn[nH]c1.c1cn[nH]c1.c1cnccn1. The van der Waals surface area contributed by atoms with Crippen molar-refractivity contribution in [3.63, 3.8) is 0 Å². The fourth-order valence-electron chi connectivity index (χ4n) is 0.684. The molecule has 0 atom stereocenters. The highest BCUT2D eigenvalue weighted by Gasteiger charge is 1.59. The zero-order chi connectivity index (χ0) is 11.3. The minimum Gasteiger partial charge on any atom is -0.286 e. The van der Waals surface area contributed by atoms with Crippen LogP contribution in [-0.4, -0.2) is 30.4 Å². The fraction of sp³-hybridized carbons (Fsp3) is 0. The first-order valence-electron chi connectivity index (χ1n) is 4.57. The lowest BCUT2D eigenvalue weighted by Crippen LogP contribution is -1.66. The summed E-state index contributed by atoms with van der Waals surface area (Å²) in [5.41, 5.74) is 0. The van der Waals surface area contributed by atoms with Crippen molar-refractivity contribution in [1.82, 2.24) is 30.4 Å². The van der Waals surface area contributed by atoms with E-state index >= 15 is 0 Å². The Balaban J connectivity index is 0.000000121. The number of hydrogen-bond acceptors (Lipinski definition) is 4. The molecule has 0 saturated heterocycles. The molecule has 0 unspecified atom stereocenters. The molecule has 82 valence electrons. The second-order valence-corrected chi connectivity index (χ2v) is 2.43. The Bertz CT molecular complexity index is 307. The highest BCUT2D eigenvalue weighted by atomic mass is 15.1. The van der Waals surface area contributed by atoms with Gasteiger partial charge in [-0.3, -0.25) is 20.2 Å². The van der Waals surface area contributed by atoms with Crippen molar-refractivity contribution in [1.29, 1.82) is 0 Å². The highest BCUT2D eigenvalue weighted by molar-refractivity contribution is 4.73. The van der Waals surface area contributed by atoms with Gasteiger partial charge in [-0.05, 0) is 12.1 Å². The third kappa shape index (κ3) is 6.96. The number of H-pyrrole nitrogens is 2. The van der Waals surface area contributed by atoms with E-state index < -0.39 is 0 Å². The van der Waals surface area contributed by atoms with Crippen LogP contribution in [0.4, 0.5) is 0 Å². The van der Waals surface area contributed by atoms with E-state index in [-0.39, 0.29) is 0 Å². The summed E-state index contributed by atoms with van der Waals surface area (Å²) in [4.78, 5) is 7.44. The molecule has 6 nitrogen and oxygen atoms in total. The fourth-order valence-corrected chi connectivity index (χ4v) is 0.684. The van der Waals surface area contributed by atoms with Crippen LogP contribution in [0.5, 0.6) is 0 Å². The Morgan fingerprint density at radius 2 is 1.00 bits per heavy atom. The number of hydrogen-bond donors (Lipinski definition) is 2. The summed E-state index contributed by atoms with van der Waals surface area (Å²) in [6.45, 7) is 0. The monoisotopic (exact) mass is 216 g/mol. The molecule has 2 N–H and O–H groups in total. The lowest BCUT2D eigenvalue weighted by atomic mass is 10.8. The van der Waals surface area contributed by atoms with Crippen LogP contribution < -0.4 is 0 Å². The summed E-state index contributed by atoms with van der Waals surface area (Å²) in [6, 6.07) is 3.67. The van der Waals surface area contributed by atoms with Crippen LogP contribution in [-0.2, 0) is 0 Å². The number of nitrogens with one attached hydrogen (secondary N) is 2. The maximum atomic E-state index is 3.72. The molecule has 0 aromatic carbocycles. The first-order chi connectivity index (χ1) is 8.00. The summed E-state index contributed by atoms with van der Waals surface area (Å²) >= 11 is 0.